The molecule has 5 nitrogen and oxygen atoms in total. The maximum absolute atomic E-state index is 11.7. The number of carbonyl (C=O) groups is 1. The number of hydrogen-bond donors (Lipinski definition) is 3. The molecule has 0 amide bonds. The fraction of sp³-hybridized carbons (Fsp3) is 0.562. The van der Waals surface area contributed by atoms with Gasteiger partial charge >= 0.3 is 5.97 Å². The highest BCUT2D eigenvalue weighted by atomic mass is 16.4. The second-order valence-electron chi connectivity index (χ2n) is 6.30. The zero-order chi connectivity index (χ0) is 15.8. The maximum Gasteiger partial charge on any atom is 0.311 e. The Morgan fingerprint density at radius 1 is 1.19 bits per heavy atom. The van der Waals surface area contributed by atoms with E-state index in [4.69, 9.17) is 0 Å². The number of benzene rings is 1. The summed E-state index contributed by atoms with van der Waals surface area (Å²) in [4.78, 5) is 13.8. The monoisotopic (exact) mass is 293 g/mol. The largest absolute Gasteiger partial charge is 0.508 e. The zero-order valence-corrected chi connectivity index (χ0v) is 12.7. The number of aliphatic carboxylic acids is 1. The van der Waals surface area contributed by atoms with Gasteiger partial charge in [0.25, 0.3) is 0 Å². The Morgan fingerprint density at radius 3 is 2.19 bits per heavy atom. The van der Waals surface area contributed by atoms with Gasteiger partial charge in [0.2, 0.25) is 0 Å². The van der Waals surface area contributed by atoms with Crippen LogP contribution in [0, 0.1) is 11.3 Å². The van der Waals surface area contributed by atoms with Crippen LogP contribution in [0.2, 0.25) is 0 Å². The summed E-state index contributed by atoms with van der Waals surface area (Å²) in [6, 6.07) is 4.46. The predicted octanol–water partition coefficient (Wildman–Crippen LogP) is 2.59. The fourth-order valence-corrected chi connectivity index (χ4v) is 3.16. The van der Waals surface area contributed by atoms with Gasteiger partial charge in [-0.3, -0.25) is 9.69 Å². The van der Waals surface area contributed by atoms with Crippen LogP contribution in [0.15, 0.2) is 18.2 Å². The first-order valence-electron chi connectivity index (χ1n) is 7.26. The Balaban J connectivity index is 2.22. The Morgan fingerprint density at radius 2 is 1.76 bits per heavy atom. The van der Waals surface area contributed by atoms with Gasteiger partial charge in [0.1, 0.15) is 11.5 Å². The van der Waals surface area contributed by atoms with Gasteiger partial charge < -0.3 is 15.3 Å². The van der Waals surface area contributed by atoms with E-state index in [2.05, 4.69) is 4.90 Å². The summed E-state index contributed by atoms with van der Waals surface area (Å²) in [7, 11) is 0. The second kappa shape index (κ2) is 5.56. The lowest BCUT2D eigenvalue weighted by atomic mass is 9.76. The van der Waals surface area contributed by atoms with Crippen LogP contribution in [-0.2, 0) is 4.79 Å². The van der Waals surface area contributed by atoms with Crippen LogP contribution in [0.1, 0.15) is 38.8 Å². The molecule has 3 N–H and O–H groups in total. The molecule has 0 aromatic heterocycles. The molecule has 1 aliphatic rings. The number of likely N-dealkylation sites (tertiary alicyclic amines) is 1. The lowest BCUT2D eigenvalue weighted by Crippen LogP contribution is -2.39. The molecule has 0 spiro atoms. The molecule has 0 aliphatic carbocycles. The van der Waals surface area contributed by atoms with E-state index in [1.54, 1.807) is 12.1 Å². The Kier molecular flexibility index (Phi) is 4.14. The molecule has 2 rings (SSSR count). The van der Waals surface area contributed by atoms with Crippen molar-refractivity contribution in [2.75, 3.05) is 13.1 Å². The van der Waals surface area contributed by atoms with Crippen molar-refractivity contribution in [2.45, 2.75) is 33.2 Å². The van der Waals surface area contributed by atoms with Gasteiger partial charge in [0.05, 0.1) is 5.41 Å². The minimum Gasteiger partial charge on any atom is -0.508 e. The summed E-state index contributed by atoms with van der Waals surface area (Å²) in [6.07, 6.45) is 0.620. The first-order chi connectivity index (χ1) is 9.76. The average Bonchev–Trinajstić information content (AvgIpc) is 2.83. The van der Waals surface area contributed by atoms with Gasteiger partial charge in [0, 0.05) is 18.7 Å². The smallest absolute Gasteiger partial charge is 0.311 e. The average molecular weight is 293 g/mol. The van der Waals surface area contributed by atoms with Crippen molar-refractivity contribution >= 4 is 5.97 Å². The minimum absolute atomic E-state index is 0.0180. The van der Waals surface area contributed by atoms with Crippen molar-refractivity contribution in [2.24, 2.45) is 11.3 Å². The Hall–Kier alpha value is -1.75. The molecular weight excluding hydrogens is 270 g/mol. The maximum atomic E-state index is 11.7. The van der Waals surface area contributed by atoms with E-state index in [1.165, 1.54) is 6.07 Å². The number of phenolic OH excluding ortho intramolecular Hbond substituents is 2. The first-order valence-corrected chi connectivity index (χ1v) is 7.26. The third-order valence-electron chi connectivity index (χ3n) is 4.82. The van der Waals surface area contributed by atoms with Crippen molar-refractivity contribution in [1.29, 1.82) is 0 Å². The van der Waals surface area contributed by atoms with E-state index >= 15 is 0 Å². The molecule has 2 atom stereocenters. The first kappa shape index (κ1) is 15.6. The van der Waals surface area contributed by atoms with Gasteiger partial charge in [-0.2, -0.15) is 0 Å². The van der Waals surface area contributed by atoms with E-state index in [-0.39, 0.29) is 23.5 Å². The quantitative estimate of drug-likeness (QED) is 0.795. The summed E-state index contributed by atoms with van der Waals surface area (Å²) in [5.41, 5.74) is 0.0742. The van der Waals surface area contributed by atoms with E-state index in [0.29, 0.717) is 19.5 Å². The normalized spacial score (nSPS) is 24.4. The lowest BCUT2D eigenvalue weighted by Gasteiger charge is -2.31. The number of rotatable bonds is 4. The van der Waals surface area contributed by atoms with Gasteiger partial charge in [-0.15, -0.1) is 0 Å². The van der Waals surface area contributed by atoms with Crippen molar-refractivity contribution in [3.8, 4) is 11.5 Å². The van der Waals surface area contributed by atoms with E-state index in [9.17, 15) is 20.1 Å². The molecule has 0 radical (unpaired) electrons. The number of nitrogens with zero attached hydrogens (tertiary/aromatic N) is 1. The summed E-state index contributed by atoms with van der Waals surface area (Å²) in [5.74, 6) is -0.649. The zero-order valence-electron chi connectivity index (χ0n) is 12.7. The van der Waals surface area contributed by atoms with Crippen LogP contribution in [0.4, 0.5) is 0 Å². The lowest BCUT2D eigenvalue weighted by molar-refractivity contribution is -0.151. The molecule has 1 aromatic carbocycles. The van der Waals surface area contributed by atoms with E-state index in [0.717, 1.165) is 5.56 Å². The minimum atomic E-state index is -0.744. The standard InChI is InChI=1S/C16H23NO4/c1-10(2)16(15(20)21)4-5-17(9-16)11(3)12-6-13(18)8-14(19)7-12/h6-8,10-11,18-19H,4-5,9H2,1-3H3,(H,20,21). The highest BCUT2D eigenvalue weighted by molar-refractivity contribution is 5.75. The molecule has 2 unspecified atom stereocenters. The summed E-state index contributed by atoms with van der Waals surface area (Å²) < 4.78 is 0. The fourth-order valence-electron chi connectivity index (χ4n) is 3.16. The van der Waals surface area contributed by atoms with Gasteiger partial charge in [-0.1, -0.05) is 13.8 Å². The summed E-state index contributed by atoms with van der Waals surface area (Å²) in [5, 5.41) is 28.8. The van der Waals surface area contributed by atoms with Crippen molar-refractivity contribution in [1.82, 2.24) is 4.90 Å². The van der Waals surface area contributed by atoms with Gasteiger partial charge in [-0.05, 0) is 43.5 Å². The molecular formula is C16H23NO4. The van der Waals surface area contributed by atoms with Crippen LogP contribution in [-0.4, -0.2) is 39.3 Å². The highest BCUT2D eigenvalue weighted by Gasteiger charge is 2.48. The molecule has 0 bridgehead atoms. The number of hydrogen-bond acceptors (Lipinski definition) is 4. The van der Waals surface area contributed by atoms with Crippen LogP contribution < -0.4 is 0 Å². The summed E-state index contributed by atoms with van der Waals surface area (Å²) in [6.45, 7) is 7.04. The number of carboxylic acid groups (broad SMARTS) is 1. The molecule has 1 heterocycles. The van der Waals surface area contributed by atoms with Crippen LogP contribution in [0.25, 0.3) is 0 Å². The number of aromatic hydroxyl groups is 2. The second-order valence-corrected chi connectivity index (χ2v) is 6.30. The number of phenols is 2. The van der Waals surface area contributed by atoms with Crippen LogP contribution in [0.3, 0.4) is 0 Å². The predicted molar refractivity (Wildman–Crippen MR) is 79.3 cm³/mol. The molecule has 1 fully saturated rings. The van der Waals surface area contributed by atoms with Crippen LogP contribution >= 0.6 is 0 Å². The van der Waals surface area contributed by atoms with Crippen molar-refractivity contribution < 1.29 is 20.1 Å². The number of carboxylic acids is 1. The molecule has 1 aliphatic heterocycles. The van der Waals surface area contributed by atoms with E-state index < -0.39 is 11.4 Å². The Bertz CT molecular complexity index is 523. The molecule has 1 saturated heterocycles. The third kappa shape index (κ3) is 2.83. The topological polar surface area (TPSA) is 81.0 Å². The summed E-state index contributed by atoms with van der Waals surface area (Å²) >= 11 is 0. The van der Waals surface area contributed by atoms with Crippen molar-refractivity contribution in [3.63, 3.8) is 0 Å². The van der Waals surface area contributed by atoms with E-state index in [1.807, 2.05) is 20.8 Å². The molecule has 116 valence electrons. The Labute approximate surface area is 124 Å². The molecule has 5 heteroatoms. The molecule has 21 heavy (non-hydrogen) atoms. The van der Waals surface area contributed by atoms with Gasteiger partial charge in [-0.25, -0.2) is 0 Å². The van der Waals surface area contributed by atoms with Crippen LogP contribution in [0.5, 0.6) is 11.5 Å². The van der Waals surface area contributed by atoms with Crippen molar-refractivity contribution in [3.05, 3.63) is 23.8 Å². The molecule has 0 saturated carbocycles. The highest BCUT2D eigenvalue weighted by Crippen LogP contribution is 2.41. The molecule has 1 aromatic rings. The van der Waals surface area contributed by atoms with Gasteiger partial charge in [0.15, 0.2) is 0 Å². The SMILES string of the molecule is CC(c1cc(O)cc(O)c1)N1CCC(C(=O)O)(C(C)C)C1. The third-order valence-corrected chi connectivity index (χ3v) is 4.82.